The third kappa shape index (κ3) is 4.86. The first-order valence-electron chi connectivity index (χ1n) is 6.62. The Bertz CT molecular complexity index is 401. The highest BCUT2D eigenvalue weighted by Gasteiger charge is 2.22. The van der Waals surface area contributed by atoms with Gasteiger partial charge in [0.1, 0.15) is 17.5 Å². The standard InChI is InChI=1S/C15H22F3N/c1-5-19-13(6-7-15(2,3)4)14-11(17)8-10(16)9-12(14)18/h8-9,13,19H,5-7H2,1-4H3. The summed E-state index contributed by atoms with van der Waals surface area (Å²) < 4.78 is 40.5. The Labute approximate surface area is 113 Å². The number of benzene rings is 1. The number of hydrogen-bond acceptors (Lipinski definition) is 1. The lowest BCUT2D eigenvalue weighted by Crippen LogP contribution is -2.24. The summed E-state index contributed by atoms with van der Waals surface area (Å²) >= 11 is 0. The van der Waals surface area contributed by atoms with E-state index in [1.54, 1.807) is 0 Å². The predicted molar refractivity (Wildman–Crippen MR) is 71.4 cm³/mol. The van der Waals surface area contributed by atoms with Crippen LogP contribution in [0.3, 0.4) is 0 Å². The van der Waals surface area contributed by atoms with E-state index in [1.807, 2.05) is 6.92 Å². The maximum atomic E-state index is 13.8. The molecule has 0 radical (unpaired) electrons. The van der Waals surface area contributed by atoms with Gasteiger partial charge < -0.3 is 5.32 Å². The van der Waals surface area contributed by atoms with Gasteiger partial charge in [-0.1, -0.05) is 27.7 Å². The van der Waals surface area contributed by atoms with E-state index in [9.17, 15) is 13.2 Å². The molecule has 4 heteroatoms. The van der Waals surface area contributed by atoms with Crippen LogP contribution in [-0.4, -0.2) is 6.54 Å². The van der Waals surface area contributed by atoms with E-state index in [2.05, 4.69) is 26.1 Å². The summed E-state index contributed by atoms with van der Waals surface area (Å²) in [5, 5.41) is 3.07. The summed E-state index contributed by atoms with van der Waals surface area (Å²) in [5.74, 6) is -2.53. The van der Waals surface area contributed by atoms with Crippen LogP contribution in [0.2, 0.25) is 0 Å². The molecule has 0 aliphatic carbocycles. The van der Waals surface area contributed by atoms with Crippen molar-refractivity contribution in [2.75, 3.05) is 6.54 Å². The Morgan fingerprint density at radius 1 is 1.11 bits per heavy atom. The highest BCUT2D eigenvalue weighted by molar-refractivity contribution is 5.24. The molecule has 0 heterocycles. The van der Waals surface area contributed by atoms with Gasteiger partial charge >= 0.3 is 0 Å². The number of rotatable bonds is 5. The molecule has 0 fully saturated rings. The molecular weight excluding hydrogens is 251 g/mol. The summed E-state index contributed by atoms with van der Waals surface area (Å²) in [6, 6.07) is 1.05. The van der Waals surface area contributed by atoms with Gasteiger partial charge in [-0.3, -0.25) is 0 Å². The molecule has 108 valence electrons. The quantitative estimate of drug-likeness (QED) is 0.828. The summed E-state index contributed by atoms with van der Waals surface area (Å²) in [5.41, 5.74) is 0.0215. The highest BCUT2D eigenvalue weighted by atomic mass is 19.1. The first-order valence-corrected chi connectivity index (χ1v) is 6.62. The van der Waals surface area contributed by atoms with Crippen LogP contribution in [0.4, 0.5) is 13.2 Å². The largest absolute Gasteiger partial charge is 0.310 e. The van der Waals surface area contributed by atoms with Gasteiger partial charge in [-0.2, -0.15) is 0 Å². The van der Waals surface area contributed by atoms with Gasteiger partial charge in [-0.05, 0) is 24.8 Å². The Kier molecular flexibility index (Phi) is 5.41. The molecule has 1 aromatic rings. The van der Waals surface area contributed by atoms with Crippen LogP contribution < -0.4 is 5.32 Å². The zero-order valence-electron chi connectivity index (χ0n) is 12.0. The fourth-order valence-electron chi connectivity index (χ4n) is 2.06. The maximum Gasteiger partial charge on any atom is 0.133 e. The topological polar surface area (TPSA) is 12.0 Å². The van der Waals surface area contributed by atoms with Gasteiger partial charge in [0.15, 0.2) is 0 Å². The second kappa shape index (κ2) is 6.42. The van der Waals surface area contributed by atoms with Gasteiger partial charge in [0, 0.05) is 23.7 Å². The summed E-state index contributed by atoms with van der Waals surface area (Å²) in [4.78, 5) is 0. The third-order valence-corrected chi connectivity index (χ3v) is 3.03. The van der Waals surface area contributed by atoms with Crippen LogP contribution in [0, 0.1) is 22.9 Å². The molecule has 19 heavy (non-hydrogen) atoms. The zero-order valence-corrected chi connectivity index (χ0v) is 12.0. The molecular formula is C15H22F3N. The van der Waals surface area contributed by atoms with Crippen LogP contribution in [0.25, 0.3) is 0 Å². The molecule has 1 unspecified atom stereocenters. The number of nitrogens with one attached hydrogen (secondary N) is 1. The lowest BCUT2D eigenvalue weighted by molar-refractivity contribution is 0.326. The van der Waals surface area contributed by atoms with Crippen LogP contribution in [0.5, 0.6) is 0 Å². The van der Waals surface area contributed by atoms with E-state index in [0.29, 0.717) is 13.0 Å². The van der Waals surface area contributed by atoms with Crippen molar-refractivity contribution in [2.24, 2.45) is 5.41 Å². The molecule has 0 spiro atoms. The minimum atomic E-state index is -0.884. The predicted octanol–water partition coefficient (Wildman–Crippen LogP) is 4.58. The monoisotopic (exact) mass is 273 g/mol. The summed E-state index contributed by atoms with van der Waals surface area (Å²) in [7, 11) is 0. The molecule has 1 N–H and O–H groups in total. The van der Waals surface area contributed by atoms with E-state index in [-0.39, 0.29) is 11.0 Å². The van der Waals surface area contributed by atoms with Crippen molar-refractivity contribution in [2.45, 2.75) is 46.6 Å². The first kappa shape index (κ1) is 16.0. The van der Waals surface area contributed by atoms with Crippen LogP contribution >= 0.6 is 0 Å². The molecule has 0 aliphatic heterocycles. The van der Waals surface area contributed by atoms with Crippen LogP contribution in [0.15, 0.2) is 12.1 Å². The molecule has 0 bridgehead atoms. The Hall–Kier alpha value is -1.03. The van der Waals surface area contributed by atoms with Crippen molar-refractivity contribution >= 4 is 0 Å². The molecule has 0 aliphatic rings. The summed E-state index contributed by atoms with van der Waals surface area (Å²) in [6.07, 6.45) is 1.43. The van der Waals surface area contributed by atoms with Crippen molar-refractivity contribution in [3.8, 4) is 0 Å². The Balaban J connectivity index is 2.99. The first-order chi connectivity index (χ1) is 8.74. The molecule has 0 saturated carbocycles. The average Bonchev–Trinajstić information content (AvgIpc) is 2.23. The van der Waals surface area contributed by atoms with Gasteiger partial charge in [0.05, 0.1) is 0 Å². The van der Waals surface area contributed by atoms with E-state index >= 15 is 0 Å². The van der Waals surface area contributed by atoms with E-state index in [1.165, 1.54) is 0 Å². The van der Waals surface area contributed by atoms with Crippen molar-refractivity contribution in [3.63, 3.8) is 0 Å². The van der Waals surface area contributed by atoms with Gasteiger partial charge in [0.25, 0.3) is 0 Å². The normalized spacial score (nSPS) is 13.6. The third-order valence-electron chi connectivity index (χ3n) is 3.03. The molecule has 1 rings (SSSR count). The minimum Gasteiger partial charge on any atom is -0.310 e. The SMILES string of the molecule is CCNC(CCC(C)(C)C)c1c(F)cc(F)cc1F. The molecule has 0 amide bonds. The second-order valence-corrected chi connectivity index (χ2v) is 5.99. The molecule has 1 nitrogen and oxygen atoms in total. The zero-order chi connectivity index (χ0) is 14.6. The average molecular weight is 273 g/mol. The highest BCUT2D eigenvalue weighted by Crippen LogP contribution is 2.30. The molecule has 1 aromatic carbocycles. The van der Waals surface area contributed by atoms with Gasteiger partial charge in [0.2, 0.25) is 0 Å². The lowest BCUT2D eigenvalue weighted by atomic mass is 9.87. The molecule has 1 atom stereocenters. The van der Waals surface area contributed by atoms with Crippen molar-refractivity contribution in [1.82, 2.24) is 5.32 Å². The van der Waals surface area contributed by atoms with Crippen molar-refractivity contribution in [3.05, 3.63) is 35.1 Å². The molecule has 0 aromatic heterocycles. The maximum absolute atomic E-state index is 13.8. The van der Waals surface area contributed by atoms with Gasteiger partial charge in [-0.15, -0.1) is 0 Å². The van der Waals surface area contributed by atoms with E-state index in [0.717, 1.165) is 18.6 Å². The van der Waals surface area contributed by atoms with Crippen molar-refractivity contribution < 1.29 is 13.2 Å². The minimum absolute atomic E-state index is 0.0625. The second-order valence-electron chi connectivity index (χ2n) is 5.99. The smallest absolute Gasteiger partial charge is 0.133 e. The van der Waals surface area contributed by atoms with E-state index < -0.39 is 23.5 Å². The fourth-order valence-corrected chi connectivity index (χ4v) is 2.06. The van der Waals surface area contributed by atoms with Crippen molar-refractivity contribution in [1.29, 1.82) is 0 Å². The van der Waals surface area contributed by atoms with Crippen LogP contribution in [-0.2, 0) is 0 Å². The number of halogens is 3. The number of hydrogen-bond donors (Lipinski definition) is 1. The van der Waals surface area contributed by atoms with E-state index in [4.69, 9.17) is 0 Å². The van der Waals surface area contributed by atoms with Crippen LogP contribution in [0.1, 0.15) is 52.1 Å². The summed E-state index contributed by atoms with van der Waals surface area (Å²) in [6.45, 7) is 8.71. The van der Waals surface area contributed by atoms with Gasteiger partial charge in [-0.25, -0.2) is 13.2 Å². The Morgan fingerprint density at radius 2 is 1.63 bits per heavy atom. The fraction of sp³-hybridized carbons (Fsp3) is 0.600. The lowest BCUT2D eigenvalue weighted by Gasteiger charge is -2.24. The molecule has 0 saturated heterocycles. The Morgan fingerprint density at radius 3 is 2.05 bits per heavy atom.